The van der Waals surface area contributed by atoms with Gasteiger partial charge in [-0.3, -0.25) is 0 Å². The molecule has 6 rings (SSSR count). The first kappa shape index (κ1) is 13.3. The van der Waals surface area contributed by atoms with E-state index in [0.717, 1.165) is 29.4 Å². The van der Waals surface area contributed by atoms with Gasteiger partial charge in [0.15, 0.2) is 0 Å². The van der Waals surface area contributed by atoms with Crippen molar-refractivity contribution in [1.82, 2.24) is 0 Å². The molecule has 1 heteroatoms. The van der Waals surface area contributed by atoms with Crippen molar-refractivity contribution >= 4 is 0 Å². The number of rotatable bonds is 1. The van der Waals surface area contributed by atoms with E-state index in [1.807, 2.05) is 0 Å². The van der Waals surface area contributed by atoms with Crippen LogP contribution in [0.1, 0.15) is 30.4 Å². The Morgan fingerprint density at radius 1 is 0.875 bits per heavy atom. The lowest BCUT2D eigenvalue weighted by atomic mass is 9.74. The fraction of sp³-hybridized carbons (Fsp3) is 0.391. The van der Waals surface area contributed by atoms with Gasteiger partial charge in [0.1, 0.15) is 5.75 Å². The minimum atomic E-state index is 0.221. The molecule has 1 nitrogen and oxygen atoms in total. The van der Waals surface area contributed by atoms with Crippen LogP contribution in [0.3, 0.4) is 0 Å². The summed E-state index contributed by atoms with van der Waals surface area (Å²) < 4.78 is 5.58. The van der Waals surface area contributed by atoms with Gasteiger partial charge in [-0.1, -0.05) is 42.5 Å². The highest BCUT2D eigenvalue weighted by Gasteiger charge is 2.58. The predicted octanol–water partition coefficient (Wildman–Crippen LogP) is 5.19. The average molecular weight is 314 g/mol. The molecule has 2 aromatic carbocycles. The van der Waals surface area contributed by atoms with Gasteiger partial charge in [0.05, 0.1) is 7.11 Å². The number of allylic oxidation sites excluding steroid dienone is 2. The van der Waals surface area contributed by atoms with Gasteiger partial charge in [-0.25, -0.2) is 0 Å². The molecule has 0 heterocycles. The third kappa shape index (κ3) is 1.43. The molecule has 4 aliphatic rings. The van der Waals surface area contributed by atoms with Crippen molar-refractivity contribution in [2.24, 2.45) is 23.7 Å². The summed E-state index contributed by atoms with van der Waals surface area (Å²) in [7, 11) is 1.78. The number of ether oxygens (including phenoxy) is 1. The second-order valence-corrected chi connectivity index (χ2v) is 8.22. The molecule has 0 radical (unpaired) electrons. The molecule has 0 aromatic heterocycles. The fourth-order valence-corrected chi connectivity index (χ4v) is 6.52. The lowest BCUT2D eigenvalue weighted by molar-refractivity contribution is 0.364. The maximum Gasteiger partial charge on any atom is 0.119 e. The first-order valence-electron chi connectivity index (χ1n) is 9.27. The second kappa shape index (κ2) is 4.33. The molecule has 0 saturated heterocycles. The molecule has 4 aliphatic carbocycles. The average Bonchev–Trinajstić information content (AvgIpc) is 3.37. The highest BCUT2D eigenvalue weighted by molar-refractivity contribution is 5.82. The number of hydrogen-bond donors (Lipinski definition) is 0. The largest absolute Gasteiger partial charge is 0.497 e. The van der Waals surface area contributed by atoms with Crippen LogP contribution in [0.25, 0.3) is 11.1 Å². The SMILES string of the molecule is COc1ccc2c(c1)C1(CC3C4C=CC(C4)C3C1)c1ccccc1-2. The Bertz CT molecular complexity index is 857. The smallest absolute Gasteiger partial charge is 0.119 e. The van der Waals surface area contributed by atoms with Crippen molar-refractivity contribution in [3.8, 4) is 16.9 Å². The summed E-state index contributed by atoms with van der Waals surface area (Å²) in [4.78, 5) is 0. The van der Waals surface area contributed by atoms with Crippen LogP contribution < -0.4 is 4.74 Å². The van der Waals surface area contributed by atoms with Gasteiger partial charge in [-0.15, -0.1) is 0 Å². The molecule has 0 amide bonds. The van der Waals surface area contributed by atoms with Crippen LogP contribution in [0.5, 0.6) is 5.75 Å². The number of fused-ring (bicyclic) bond motifs is 10. The van der Waals surface area contributed by atoms with E-state index in [-0.39, 0.29) is 5.41 Å². The molecule has 0 aliphatic heterocycles. The zero-order chi connectivity index (χ0) is 15.9. The van der Waals surface area contributed by atoms with E-state index >= 15 is 0 Å². The molecular weight excluding hydrogens is 292 g/mol. The van der Waals surface area contributed by atoms with Crippen LogP contribution in [0.15, 0.2) is 54.6 Å². The van der Waals surface area contributed by atoms with E-state index in [9.17, 15) is 0 Å². The van der Waals surface area contributed by atoms with Crippen LogP contribution in [-0.2, 0) is 5.41 Å². The minimum Gasteiger partial charge on any atom is -0.497 e. The van der Waals surface area contributed by atoms with Crippen molar-refractivity contribution in [2.45, 2.75) is 24.7 Å². The molecule has 4 unspecified atom stereocenters. The molecule has 2 saturated carbocycles. The molecule has 2 fully saturated rings. The molecule has 120 valence electrons. The maximum absolute atomic E-state index is 5.58. The van der Waals surface area contributed by atoms with Gasteiger partial charge in [0.2, 0.25) is 0 Å². The van der Waals surface area contributed by atoms with Gasteiger partial charge in [-0.05, 0) is 77.3 Å². The van der Waals surface area contributed by atoms with Gasteiger partial charge >= 0.3 is 0 Å². The zero-order valence-corrected chi connectivity index (χ0v) is 14.0. The molecule has 0 N–H and O–H groups in total. The van der Waals surface area contributed by atoms with Crippen LogP contribution in [0.4, 0.5) is 0 Å². The molecular formula is C23H22O. The summed E-state index contributed by atoms with van der Waals surface area (Å²) in [6.45, 7) is 0. The normalized spacial score (nSPS) is 36.9. The maximum atomic E-state index is 5.58. The van der Waals surface area contributed by atoms with Gasteiger partial charge in [-0.2, -0.15) is 0 Å². The van der Waals surface area contributed by atoms with Crippen LogP contribution in [-0.4, -0.2) is 7.11 Å². The Balaban J connectivity index is 1.57. The van der Waals surface area contributed by atoms with Crippen molar-refractivity contribution in [2.75, 3.05) is 7.11 Å². The lowest BCUT2D eigenvalue weighted by Crippen LogP contribution is -2.23. The van der Waals surface area contributed by atoms with E-state index in [2.05, 4.69) is 54.6 Å². The van der Waals surface area contributed by atoms with Crippen molar-refractivity contribution in [3.63, 3.8) is 0 Å². The molecule has 2 bridgehead atoms. The third-order valence-electron chi connectivity index (χ3n) is 7.44. The van der Waals surface area contributed by atoms with Crippen molar-refractivity contribution < 1.29 is 4.74 Å². The van der Waals surface area contributed by atoms with E-state index in [1.165, 1.54) is 36.0 Å². The van der Waals surface area contributed by atoms with Crippen molar-refractivity contribution in [3.05, 3.63) is 65.7 Å². The summed E-state index contributed by atoms with van der Waals surface area (Å²) in [6.07, 6.45) is 9.08. The first-order valence-corrected chi connectivity index (χ1v) is 9.27. The fourth-order valence-electron chi connectivity index (χ4n) is 6.52. The molecule has 2 aromatic rings. The quantitative estimate of drug-likeness (QED) is 0.658. The predicted molar refractivity (Wildman–Crippen MR) is 96.2 cm³/mol. The Kier molecular flexibility index (Phi) is 2.40. The molecule has 24 heavy (non-hydrogen) atoms. The molecule has 1 spiro atoms. The zero-order valence-electron chi connectivity index (χ0n) is 14.0. The van der Waals surface area contributed by atoms with Crippen LogP contribution in [0.2, 0.25) is 0 Å². The van der Waals surface area contributed by atoms with Crippen LogP contribution >= 0.6 is 0 Å². The lowest BCUT2D eigenvalue weighted by Gasteiger charge is -2.29. The topological polar surface area (TPSA) is 9.23 Å². The van der Waals surface area contributed by atoms with Gasteiger partial charge in [0.25, 0.3) is 0 Å². The molecule has 4 atom stereocenters. The minimum absolute atomic E-state index is 0.221. The van der Waals surface area contributed by atoms with E-state index in [1.54, 1.807) is 12.7 Å². The Labute approximate surface area is 143 Å². The Morgan fingerprint density at radius 2 is 1.58 bits per heavy atom. The summed E-state index contributed by atoms with van der Waals surface area (Å²) in [5.41, 5.74) is 6.21. The number of methoxy groups -OCH3 is 1. The first-order chi connectivity index (χ1) is 11.8. The van der Waals surface area contributed by atoms with E-state index in [0.29, 0.717) is 0 Å². The standard InChI is InChI=1S/C23H22O/c1-24-16-8-9-18-17-4-2-3-5-21(17)23(22(18)11-16)12-19-14-6-7-15(10-14)20(19)13-23/h2-9,11,14-15,19-20H,10,12-13H2,1H3. The second-order valence-electron chi connectivity index (χ2n) is 8.22. The van der Waals surface area contributed by atoms with E-state index < -0.39 is 0 Å². The monoisotopic (exact) mass is 314 g/mol. The third-order valence-corrected chi connectivity index (χ3v) is 7.44. The summed E-state index contributed by atoms with van der Waals surface area (Å²) in [5.74, 6) is 4.43. The van der Waals surface area contributed by atoms with E-state index in [4.69, 9.17) is 4.74 Å². The Morgan fingerprint density at radius 3 is 2.33 bits per heavy atom. The van der Waals surface area contributed by atoms with Crippen LogP contribution in [0, 0.1) is 23.7 Å². The highest BCUT2D eigenvalue weighted by Crippen LogP contribution is 2.67. The number of hydrogen-bond acceptors (Lipinski definition) is 1. The summed E-state index contributed by atoms with van der Waals surface area (Å²) in [5, 5.41) is 0. The summed E-state index contributed by atoms with van der Waals surface area (Å²) >= 11 is 0. The van der Waals surface area contributed by atoms with Gasteiger partial charge in [0, 0.05) is 5.41 Å². The summed E-state index contributed by atoms with van der Waals surface area (Å²) in [6, 6.07) is 15.8. The Hall–Kier alpha value is -2.02. The van der Waals surface area contributed by atoms with Gasteiger partial charge < -0.3 is 4.74 Å². The van der Waals surface area contributed by atoms with Crippen molar-refractivity contribution in [1.29, 1.82) is 0 Å². The highest BCUT2D eigenvalue weighted by atomic mass is 16.5. The number of benzene rings is 2.